The van der Waals surface area contributed by atoms with Gasteiger partial charge in [0.25, 0.3) is 0 Å². The van der Waals surface area contributed by atoms with Gasteiger partial charge < -0.3 is 10.2 Å². The molecule has 0 radical (unpaired) electrons. The maximum absolute atomic E-state index is 13.8. The van der Waals surface area contributed by atoms with E-state index in [1.165, 1.54) is 30.7 Å². The van der Waals surface area contributed by atoms with Crippen molar-refractivity contribution in [1.82, 2.24) is 9.80 Å². The maximum Gasteiger partial charge on any atom is 0.321 e. The van der Waals surface area contributed by atoms with E-state index < -0.39 is 0 Å². The van der Waals surface area contributed by atoms with Crippen molar-refractivity contribution in [3.8, 4) is 0 Å². The van der Waals surface area contributed by atoms with Crippen molar-refractivity contribution in [3.05, 3.63) is 24.0 Å². The molecule has 2 fully saturated rings. The molecule has 1 aromatic rings. The maximum atomic E-state index is 13.8. The van der Waals surface area contributed by atoms with Gasteiger partial charge in [0.1, 0.15) is 5.82 Å². The number of hydrogen-bond donors (Lipinski definition) is 1. The molecule has 120 valence electrons. The van der Waals surface area contributed by atoms with E-state index >= 15 is 0 Å². The van der Waals surface area contributed by atoms with Gasteiger partial charge in [-0.2, -0.15) is 0 Å². The summed E-state index contributed by atoms with van der Waals surface area (Å²) in [5.74, 6) is -0.290. The number of carbonyl (C=O) groups is 1. The highest BCUT2D eigenvalue weighted by atomic mass is 32.2. The first-order valence-electron chi connectivity index (χ1n) is 7.81. The summed E-state index contributed by atoms with van der Waals surface area (Å²) in [4.78, 5) is 17.2. The molecule has 0 aromatic heterocycles. The molecule has 1 unspecified atom stereocenters. The van der Waals surface area contributed by atoms with Gasteiger partial charge in [-0.1, -0.05) is 0 Å². The second kappa shape index (κ2) is 6.87. The summed E-state index contributed by atoms with van der Waals surface area (Å²) in [5.41, 5.74) is 0.518. The molecule has 2 aliphatic rings. The molecule has 1 aromatic carbocycles. The lowest BCUT2D eigenvalue weighted by Crippen LogP contribution is -2.38. The van der Waals surface area contributed by atoms with E-state index in [0.717, 1.165) is 32.6 Å². The van der Waals surface area contributed by atoms with Crippen LogP contribution in [0.1, 0.15) is 19.3 Å². The highest BCUT2D eigenvalue weighted by molar-refractivity contribution is 7.98. The van der Waals surface area contributed by atoms with Crippen molar-refractivity contribution in [3.63, 3.8) is 0 Å². The number of likely N-dealkylation sites (tertiary alicyclic amines) is 2. The van der Waals surface area contributed by atoms with Crippen LogP contribution in [0.4, 0.5) is 14.9 Å². The minimum absolute atomic E-state index is 0.127. The molecule has 2 aliphatic heterocycles. The van der Waals surface area contributed by atoms with Crippen LogP contribution in [0.15, 0.2) is 23.1 Å². The lowest BCUT2D eigenvalue weighted by Gasteiger charge is -2.23. The normalized spacial score (nSPS) is 22.3. The molecule has 0 bridgehead atoms. The molecule has 0 saturated carbocycles. The van der Waals surface area contributed by atoms with Crippen LogP contribution < -0.4 is 5.32 Å². The Labute approximate surface area is 135 Å². The number of benzene rings is 1. The van der Waals surface area contributed by atoms with E-state index in [1.54, 1.807) is 12.1 Å². The zero-order valence-electron chi connectivity index (χ0n) is 12.8. The summed E-state index contributed by atoms with van der Waals surface area (Å²) in [7, 11) is 0. The monoisotopic (exact) mass is 323 g/mol. The minimum atomic E-state index is -0.290. The van der Waals surface area contributed by atoms with Gasteiger partial charge in [-0.15, -0.1) is 11.8 Å². The Kier molecular flexibility index (Phi) is 4.88. The molecule has 22 heavy (non-hydrogen) atoms. The van der Waals surface area contributed by atoms with Crippen molar-refractivity contribution >= 4 is 23.5 Å². The van der Waals surface area contributed by atoms with E-state index in [-0.39, 0.29) is 11.8 Å². The number of nitrogens with one attached hydrogen (secondary N) is 1. The highest BCUT2D eigenvalue weighted by Gasteiger charge is 2.31. The first-order valence-corrected chi connectivity index (χ1v) is 9.03. The van der Waals surface area contributed by atoms with Gasteiger partial charge in [-0.25, -0.2) is 9.18 Å². The summed E-state index contributed by atoms with van der Waals surface area (Å²) >= 11 is 1.36. The van der Waals surface area contributed by atoms with Crippen molar-refractivity contribution < 1.29 is 9.18 Å². The third kappa shape index (κ3) is 3.38. The first kappa shape index (κ1) is 15.6. The number of thioether (sulfide) groups is 1. The average Bonchev–Trinajstić information content (AvgIpc) is 3.18. The van der Waals surface area contributed by atoms with E-state index in [4.69, 9.17) is 0 Å². The molecule has 1 N–H and O–H groups in total. The second-order valence-electron chi connectivity index (χ2n) is 5.91. The Balaban J connectivity index is 1.57. The van der Waals surface area contributed by atoms with Crippen LogP contribution in [-0.2, 0) is 0 Å². The highest BCUT2D eigenvalue weighted by Crippen LogP contribution is 2.24. The first-order chi connectivity index (χ1) is 10.7. The predicted octanol–water partition coefficient (Wildman–Crippen LogP) is 3.25. The third-order valence-electron chi connectivity index (χ3n) is 4.51. The van der Waals surface area contributed by atoms with Gasteiger partial charge in [-0.3, -0.25) is 4.90 Å². The molecule has 0 aliphatic carbocycles. The number of hydrogen-bond acceptors (Lipinski definition) is 3. The fourth-order valence-electron chi connectivity index (χ4n) is 3.28. The van der Waals surface area contributed by atoms with Gasteiger partial charge >= 0.3 is 6.03 Å². The molecule has 2 heterocycles. The molecular formula is C16H22FN3OS. The Morgan fingerprint density at radius 2 is 2.09 bits per heavy atom. The number of nitrogens with zero attached hydrogens (tertiary/aromatic N) is 2. The van der Waals surface area contributed by atoms with E-state index in [2.05, 4.69) is 10.2 Å². The molecule has 0 spiro atoms. The van der Waals surface area contributed by atoms with Gasteiger partial charge in [0.05, 0.1) is 0 Å². The lowest BCUT2D eigenvalue weighted by molar-refractivity contribution is 0.210. The fraction of sp³-hybridized carbons (Fsp3) is 0.562. The van der Waals surface area contributed by atoms with Crippen molar-refractivity contribution in [2.75, 3.05) is 37.8 Å². The molecule has 2 saturated heterocycles. The number of halogens is 1. The summed E-state index contributed by atoms with van der Waals surface area (Å²) < 4.78 is 13.8. The standard InChI is InChI=1S/C16H22FN3OS/c1-22-15-5-4-12(10-14(15)17)18-16(21)20-9-6-13(11-20)19-7-2-3-8-19/h4-5,10,13H,2-3,6-9,11H2,1H3,(H,18,21). The van der Waals surface area contributed by atoms with Crippen molar-refractivity contribution in [1.29, 1.82) is 0 Å². The lowest BCUT2D eigenvalue weighted by atomic mass is 10.2. The smallest absolute Gasteiger partial charge is 0.321 e. The van der Waals surface area contributed by atoms with Crippen LogP contribution in [-0.4, -0.2) is 54.3 Å². The van der Waals surface area contributed by atoms with Crippen LogP contribution in [0.2, 0.25) is 0 Å². The van der Waals surface area contributed by atoms with Crippen LogP contribution in [0.3, 0.4) is 0 Å². The number of rotatable bonds is 3. The van der Waals surface area contributed by atoms with Crippen molar-refractivity contribution in [2.24, 2.45) is 0 Å². The summed E-state index contributed by atoms with van der Waals surface area (Å²) in [5, 5.41) is 2.81. The Bertz CT molecular complexity index is 548. The average molecular weight is 323 g/mol. The van der Waals surface area contributed by atoms with E-state index in [1.807, 2.05) is 11.2 Å². The molecule has 2 amide bonds. The number of anilines is 1. The minimum Gasteiger partial charge on any atom is -0.323 e. The molecule has 4 nitrogen and oxygen atoms in total. The number of carbonyl (C=O) groups excluding carboxylic acids is 1. The van der Waals surface area contributed by atoms with Gasteiger partial charge in [0.2, 0.25) is 0 Å². The molecule has 1 atom stereocenters. The second-order valence-corrected chi connectivity index (χ2v) is 6.76. The van der Waals surface area contributed by atoms with Gasteiger partial charge in [0, 0.05) is 29.7 Å². The summed E-state index contributed by atoms with van der Waals surface area (Å²) in [6.07, 6.45) is 5.40. The van der Waals surface area contributed by atoms with Gasteiger partial charge in [0.15, 0.2) is 0 Å². The fourth-order valence-corrected chi connectivity index (χ4v) is 3.74. The zero-order valence-corrected chi connectivity index (χ0v) is 13.7. The molecule has 3 rings (SSSR count). The Morgan fingerprint density at radius 3 is 2.77 bits per heavy atom. The Morgan fingerprint density at radius 1 is 1.32 bits per heavy atom. The van der Waals surface area contributed by atoms with Gasteiger partial charge in [-0.05, 0) is 56.8 Å². The number of amides is 2. The van der Waals surface area contributed by atoms with Crippen molar-refractivity contribution in [2.45, 2.75) is 30.2 Å². The summed E-state index contributed by atoms with van der Waals surface area (Å²) in [6, 6.07) is 5.20. The van der Waals surface area contributed by atoms with Crippen LogP contribution in [0.5, 0.6) is 0 Å². The molecular weight excluding hydrogens is 301 g/mol. The van der Waals surface area contributed by atoms with Crippen LogP contribution >= 0.6 is 11.8 Å². The van der Waals surface area contributed by atoms with Crippen LogP contribution in [0.25, 0.3) is 0 Å². The Hall–Kier alpha value is -1.27. The largest absolute Gasteiger partial charge is 0.323 e. The quantitative estimate of drug-likeness (QED) is 0.867. The van der Waals surface area contributed by atoms with E-state index in [0.29, 0.717) is 16.6 Å². The SMILES string of the molecule is CSc1ccc(NC(=O)N2CCC(N3CCCC3)C2)cc1F. The predicted molar refractivity (Wildman–Crippen MR) is 88.0 cm³/mol. The van der Waals surface area contributed by atoms with Crippen LogP contribution in [0, 0.1) is 5.82 Å². The number of urea groups is 1. The molecule has 6 heteroatoms. The van der Waals surface area contributed by atoms with E-state index in [9.17, 15) is 9.18 Å². The topological polar surface area (TPSA) is 35.6 Å². The third-order valence-corrected chi connectivity index (χ3v) is 5.28. The summed E-state index contributed by atoms with van der Waals surface area (Å²) in [6.45, 7) is 3.86. The zero-order chi connectivity index (χ0) is 15.5.